The SMILES string of the molecule is CC(CN1CCCC1)N=C(N)NC(C)C. The Morgan fingerprint density at radius 1 is 1.33 bits per heavy atom. The van der Waals surface area contributed by atoms with Crippen LogP contribution >= 0.6 is 0 Å². The molecule has 1 atom stereocenters. The van der Waals surface area contributed by atoms with Crippen LogP contribution in [0.15, 0.2) is 4.99 Å². The van der Waals surface area contributed by atoms with Gasteiger partial charge in [-0.15, -0.1) is 0 Å². The summed E-state index contributed by atoms with van der Waals surface area (Å²) < 4.78 is 0. The lowest BCUT2D eigenvalue weighted by Crippen LogP contribution is -2.38. The van der Waals surface area contributed by atoms with Crippen molar-refractivity contribution in [2.24, 2.45) is 10.7 Å². The van der Waals surface area contributed by atoms with Gasteiger partial charge in [-0.3, -0.25) is 0 Å². The maximum Gasteiger partial charge on any atom is 0.189 e. The molecule has 88 valence electrons. The monoisotopic (exact) mass is 212 g/mol. The summed E-state index contributed by atoms with van der Waals surface area (Å²) >= 11 is 0. The molecule has 0 spiro atoms. The number of nitrogens with one attached hydrogen (secondary N) is 1. The number of aliphatic imine (C=N–C) groups is 1. The first kappa shape index (κ1) is 12.3. The van der Waals surface area contributed by atoms with Gasteiger partial charge in [-0.2, -0.15) is 0 Å². The summed E-state index contributed by atoms with van der Waals surface area (Å²) in [5.74, 6) is 0.566. The third kappa shape index (κ3) is 5.02. The normalized spacial score (nSPS) is 20.9. The van der Waals surface area contributed by atoms with Crippen LogP contribution in [0.4, 0.5) is 0 Å². The number of likely N-dealkylation sites (tertiary alicyclic amines) is 1. The van der Waals surface area contributed by atoms with Crippen molar-refractivity contribution in [3.05, 3.63) is 0 Å². The molecule has 15 heavy (non-hydrogen) atoms. The summed E-state index contributed by atoms with van der Waals surface area (Å²) in [5.41, 5.74) is 5.77. The molecule has 0 aromatic carbocycles. The van der Waals surface area contributed by atoms with Crippen molar-refractivity contribution >= 4 is 5.96 Å². The molecule has 1 unspecified atom stereocenters. The van der Waals surface area contributed by atoms with Crippen molar-refractivity contribution in [2.45, 2.75) is 45.7 Å². The molecule has 0 saturated carbocycles. The first-order valence-corrected chi connectivity index (χ1v) is 5.90. The summed E-state index contributed by atoms with van der Waals surface area (Å²) in [5, 5.41) is 3.11. The van der Waals surface area contributed by atoms with E-state index in [0.29, 0.717) is 12.0 Å². The molecule has 0 aromatic rings. The predicted octanol–water partition coefficient (Wildman–Crippen LogP) is 0.783. The molecule has 0 bridgehead atoms. The third-order valence-corrected chi connectivity index (χ3v) is 2.52. The predicted molar refractivity (Wildman–Crippen MR) is 65.0 cm³/mol. The standard InChI is InChI=1S/C11H24N4/c1-9(2)13-11(12)14-10(3)8-15-6-4-5-7-15/h9-10H,4-8H2,1-3H3,(H3,12,13,14). The number of nitrogens with zero attached hydrogens (tertiary/aromatic N) is 2. The highest BCUT2D eigenvalue weighted by molar-refractivity contribution is 5.78. The third-order valence-electron chi connectivity index (χ3n) is 2.52. The Labute approximate surface area is 92.9 Å². The van der Waals surface area contributed by atoms with Crippen LogP contribution in [0, 0.1) is 0 Å². The minimum absolute atomic E-state index is 0.286. The first-order valence-electron chi connectivity index (χ1n) is 5.90. The Balaban J connectivity index is 2.29. The quantitative estimate of drug-likeness (QED) is 0.535. The van der Waals surface area contributed by atoms with Gasteiger partial charge in [0.05, 0.1) is 6.04 Å². The van der Waals surface area contributed by atoms with E-state index in [1.165, 1.54) is 25.9 Å². The second kappa shape index (κ2) is 5.95. The van der Waals surface area contributed by atoms with Crippen molar-refractivity contribution < 1.29 is 0 Å². The van der Waals surface area contributed by atoms with E-state index in [4.69, 9.17) is 5.73 Å². The molecule has 4 nitrogen and oxygen atoms in total. The number of hydrogen-bond acceptors (Lipinski definition) is 2. The van der Waals surface area contributed by atoms with E-state index in [2.05, 4.69) is 36.0 Å². The Bertz CT molecular complexity index is 207. The van der Waals surface area contributed by atoms with Crippen molar-refractivity contribution in [1.29, 1.82) is 0 Å². The van der Waals surface area contributed by atoms with Gasteiger partial charge in [-0.05, 0) is 46.7 Å². The molecule has 1 heterocycles. The Morgan fingerprint density at radius 3 is 2.47 bits per heavy atom. The van der Waals surface area contributed by atoms with Gasteiger partial charge in [-0.1, -0.05) is 0 Å². The Morgan fingerprint density at radius 2 is 1.93 bits per heavy atom. The van der Waals surface area contributed by atoms with Gasteiger partial charge in [0.2, 0.25) is 0 Å². The molecule has 4 heteroatoms. The number of nitrogens with two attached hydrogens (primary N) is 1. The van der Waals surface area contributed by atoms with Gasteiger partial charge in [0, 0.05) is 12.6 Å². The second-order valence-corrected chi connectivity index (χ2v) is 4.67. The highest BCUT2D eigenvalue weighted by Gasteiger charge is 2.14. The van der Waals surface area contributed by atoms with Crippen molar-refractivity contribution in [1.82, 2.24) is 10.2 Å². The van der Waals surface area contributed by atoms with Crippen LogP contribution in [-0.4, -0.2) is 42.6 Å². The summed E-state index contributed by atoms with van der Waals surface area (Å²) in [4.78, 5) is 6.88. The fourth-order valence-corrected chi connectivity index (χ4v) is 1.95. The Kier molecular flexibility index (Phi) is 4.88. The fourth-order valence-electron chi connectivity index (χ4n) is 1.95. The van der Waals surface area contributed by atoms with Crippen LogP contribution in [0.2, 0.25) is 0 Å². The molecule has 1 rings (SSSR count). The molecule has 3 N–H and O–H groups in total. The molecule has 0 aromatic heterocycles. The van der Waals surface area contributed by atoms with Gasteiger partial charge in [0.25, 0.3) is 0 Å². The highest BCUT2D eigenvalue weighted by Crippen LogP contribution is 2.08. The molecule has 1 fully saturated rings. The zero-order chi connectivity index (χ0) is 11.3. The van der Waals surface area contributed by atoms with Crippen molar-refractivity contribution in [3.8, 4) is 0 Å². The van der Waals surface area contributed by atoms with Crippen LogP contribution in [0.5, 0.6) is 0 Å². The highest BCUT2D eigenvalue weighted by atomic mass is 15.2. The maximum absolute atomic E-state index is 5.77. The summed E-state index contributed by atoms with van der Waals surface area (Å²) in [6, 6.07) is 0.641. The molecular formula is C11H24N4. The summed E-state index contributed by atoms with van der Waals surface area (Å²) in [6.45, 7) is 9.71. The Hall–Kier alpha value is -0.770. The lowest BCUT2D eigenvalue weighted by molar-refractivity contribution is 0.321. The number of hydrogen-bond donors (Lipinski definition) is 2. The van der Waals surface area contributed by atoms with E-state index in [9.17, 15) is 0 Å². The van der Waals surface area contributed by atoms with Gasteiger partial charge < -0.3 is 16.0 Å². The summed E-state index contributed by atoms with van der Waals surface area (Å²) in [7, 11) is 0. The van der Waals surface area contributed by atoms with Gasteiger partial charge in [0.1, 0.15) is 0 Å². The van der Waals surface area contributed by atoms with Crippen LogP contribution < -0.4 is 11.1 Å². The zero-order valence-electron chi connectivity index (χ0n) is 10.2. The fraction of sp³-hybridized carbons (Fsp3) is 0.909. The number of guanidine groups is 1. The van der Waals surface area contributed by atoms with Crippen molar-refractivity contribution in [3.63, 3.8) is 0 Å². The van der Waals surface area contributed by atoms with Gasteiger partial charge in [-0.25, -0.2) is 4.99 Å². The number of rotatable bonds is 4. The van der Waals surface area contributed by atoms with Crippen molar-refractivity contribution in [2.75, 3.05) is 19.6 Å². The largest absolute Gasteiger partial charge is 0.370 e. The first-order chi connectivity index (χ1) is 7.08. The zero-order valence-corrected chi connectivity index (χ0v) is 10.2. The molecule has 1 aliphatic heterocycles. The average Bonchev–Trinajstić information content (AvgIpc) is 2.53. The van der Waals surface area contributed by atoms with E-state index < -0.39 is 0 Å². The van der Waals surface area contributed by atoms with E-state index in [1.54, 1.807) is 0 Å². The molecule has 0 aliphatic carbocycles. The molecule has 0 amide bonds. The van der Waals surface area contributed by atoms with Crippen LogP contribution in [0.3, 0.4) is 0 Å². The van der Waals surface area contributed by atoms with E-state index in [1.807, 2.05) is 0 Å². The van der Waals surface area contributed by atoms with Gasteiger partial charge in [0.15, 0.2) is 5.96 Å². The topological polar surface area (TPSA) is 53.6 Å². The van der Waals surface area contributed by atoms with Gasteiger partial charge >= 0.3 is 0 Å². The molecule has 0 radical (unpaired) electrons. The lowest BCUT2D eigenvalue weighted by Gasteiger charge is -2.18. The van der Waals surface area contributed by atoms with Crippen LogP contribution in [-0.2, 0) is 0 Å². The van der Waals surface area contributed by atoms with Crippen LogP contribution in [0.1, 0.15) is 33.6 Å². The molecule has 1 aliphatic rings. The molecular weight excluding hydrogens is 188 g/mol. The maximum atomic E-state index is 5.77. The molecule has 1 saturated heterocycles. The second-order valence-electron chi connectivity index (χ2n) is 4.67. The minimum atomic E-state index is 0.286. The average molecular weight is 212 g/mol. The van der Waals surface area contributed by atoms with E-state index in [0.717, 1.165) is 6.54 Å². The lowest BCUT2D eigenvalue weighted by atomic mass is 10.3. The van der Waals surface area contributed by atoms with Crippen LogP contribution in [0.25, 0.3) is 0 Å². The summed E-state index contributed by atoms with van der Waals surface area (Å²) in [6.07, 6.45) is 2.66. The smallest absolute Gasteiger partial charge is 0.189 e. The minimum Gasteiger partial charge on any atom is -0.370 e. The van der Waals surface area contributed by atoms with E-state index >= 15 is 0 Å². The van der Waals surface area contributed by atoms with E-state index in [-0.39, 0.29) is 6.04 Å².